The predicted molar refractivity (Wildman–Crippen MR) is 98.2 cm³/mol. The minimum atomic E-state index is -3.73. The monoisotopic (exact) mass is 414 g/mol. The molecule has 3 heterocycles. The first-order valence-electron chi connectivity index (χ1n) is 9.49. The van der Waals surface area contributed by atoms with Crippen LogP contribution in [-0.2, 0) is 24.3 Å². The van der Waals surface area contributed by atoms with Gasteiger partial charge >= 0.3 is 5.97 Å². The van der Waals surface area contributed by atoms with Gasteiger partial charge < -0.3 is 18.8 Å². The van der Waals surface area contributed by atoms with Crippen LogP contribution in [0.3, 0.4) is 0 Å². The van der Waals surface area contributed by atoms with Crippen molar-refractivity contribution in [2.24, 2.45) is 0 Å². The second-order valence-electron chi connectivity index (χ2n) is 6.90. The maximum Gasteiger partial charge on any atom is 0.307 e. The van der Waals surface area contributed by atoms with E-state index in [9.17, 15) is 18.0 Å². The summed E-state index contributed by atoms with van der Waals surface area (Å²) in [6, 6.07) is 2.61. The van der Waals surface area contributed by atoms with Gasteiger partial charge in [0.15, 0.2) is 5.76 Å². The molecule has 0 unspecified atom stereocenters. The fourth-order valence-corrected chi connectivity index (χ4v) is 4.96. The van der Waals surface area contributed by atoms with Crippen LogP contribution < -0.4 is 0 Å². The molecule has 0 spiro atoms. The van der Waals surface area contributed by atoms with Crippen LogP contribution in [0.5, 0.6) is 0 Å². The Bertz CT molecular complexity index is 793. The summed E-state index contributed by atoms with van der Waals surface area (Å²) in [6.45, 7) is 2.14. The minimum Gasteiger partial charge on any atom is -0.469 e. The Kier molecular flexibility index (Phi) is 6.73. The van der Waals surface area contributed by atoms with Gasteiger partial charge in [0, 0.05) is 38.9 Å². The lowest BCUT2D eigenvalue weighted by atomic mass is 10.1. The van der Waals surface area contributed by atoms with Crippen molar-refractivity contribution >= 4 is 21.9 Å². The van der Waals surface area contributed by atoms with Gasteiger partial charge in [0.2, 0.25) is 5.09 Å². The highest BCUT2D eigenvalue weighted by Gasteiger charge is 2.33. The SMILES string of the molecule is COC(=O)CCN(C(=O)c1ccc(S(=O)(=O)N2CCCC2)o1)C1CCOCC1. The summed E-state index contributed by atoms with van der Waals surface area (Å²) >= 11 is 0. The van der Waals surface area contributed by atoms with Gasteiger partial charge in [-0.2, -0.15) is 4.31 Å². The number of hydrogen-bond acceptors (Lipinski definition) is 7. The molecule has 2 saturated heterocycles. The van der Waals surface area contributed by atoms with E-state index in [1.165, 1.54) is 23.5 Å². The quantitative estimate of drug-likeness (QED) is 0.618. The van der Waals surface area contributed by atoms with E-state index in [2.05, 4.69) is 4.74 Å². The van der Waals surface area contributed by atoms with E-state index in [1.54, 1.807) is 4.90 Å². The Morgan fingerprint density at radius 2 is 1.89 bits per heavy atom. The van der Waals surface area contributed by atoms with Crippen molar-refractivity contribution < 1.29 is 31.9 Å². The van der Waals surface area contributed by atoms with Gasteiger partial charge in [0.05, 0.1) is 13.5 Å². The van der Waals surface area contributed by atoms with Crippen LogP contribution in [-0.4, -0.2) is 75.5 Å². The molecule has 2 aliphatic rings. The van der Waals surface area contributed by atoms with Crippen LogP contribution in [0.15, 0.2) is 21.6 Å². The second kappa shape index (κ2) is 9.06. The number of esters is 1. The van der Waals surface area contributed by atoms with Crippen molar-refractivity contribution in [2.75, 3.05) is 40.0 Å². The summed E-state index contributed by atoms with van der Waals surface area (Å²) in [7, 11) is -2.43. The average molecular weight is 414 g/mol. The average Bonchev–Trinajstić information content (AvgIpc) is 3.41. The number of nitrogens with zero attached hydrogens (tertiary/aromatic N) is 2. The van der Waals surface area contributed by atoms with E-state index in [0.29, 0.717) is 39.1 Å². The highest BCUT2D eigenvalue weighted by Crippen LogP contribution is 2.25. The van der Waals surface area contributed by atoms with Crippen LogP contribution in [0.1, 0.15) is 42.7 Å². The first-order valence-corrected chi connectivity index (χ1v) is 10.9. The van der Waals surface area contributed by atoms with Gasteiger partial charge in [-0.3, -0.25) is 9.59 Å². The first kappa shape index (κ1) is 20.8. The zero-order valence-corrected chi connectivity index (χ0v) is 16.8. The van der Waals surface area contributed by atoms with Crippen molar-refractivity contribution in [2.45, 2.75) is 43.2 Å². The van der Waals surface area contributed by atoms with E-state index in [0.717, 1.165) is 12.8 Å². The molecular weight excluding hydrogens is 388 g/mol. The smallest absolute Gasteiger partial charge is 0.307 e. The number of rotatable bonds is 7. The summed E-state index contributed by atoms with van der Waals surface area (Å²) in [5.74, 6) is -0.894. The molecule has 0 N–H and O–H groups in total. The Morgan fingerprint density at radius 1 is 1.21 bits per heavy atom. The molecule has 2 aliphatic heterocycles. The van der Waals surface area contributed by atoms with Crippen molar-refractivity contribution in [1.29, 1.82) is 0 Å². The van der Waals surface area contributed by atoms with Gasteiger partial charge in [-0.25, -0.2) is 8.42 Å². The van der Waals surface area contributed by atoms with E-state index < -0.39 is 21.9 Å². The standard InChI is InChI=1S/C18H26N2O7S/c1-25-16(21)6-11-20(14-7-12-26-13-8-14)18(22)15-4-5-17(27-15)28(23,24)19-9-2-3-10-19/h4-5,14H,2-3,6-13H2,1H3. The number of methoxy groups -OCH3 is 1. The van der Waals surface area contributed by atoms with Crippen LogP contribution in [0.2, 0.25) is 0 Å². The number of ether oxygens (including phenoxy) is 2. The Morgan fingerprint density at radius 3 is 2.54 bits per heavy atom. The molecule has 1 aromatic rings. The largest absolute Gasteiger partial charge is 0.469 e. The third-order valence-corrected chi connectivity index (χ3v) is 6.90. The molecule has 9 nitrogen and oxygen atoms in total. The molecule has 156 valence electrons. The summed E-state index contributed by atoms with van der Waals surface area (Å²) in [6.07, 6.45) is 2.98. The van der Waals surface area contributed by atoms with Gasteiger partial charge in [0.1, 0.15) is 0 Å². The highest BCUT2D eigenvalue weighted by molar-refractivity contribution is 7.89. The molecular formula is C18H26N2O7S. The van der Waals surface area contributed by atoms with E-state index >= 15 is 0 Å². The number of furan rings is 1. The van der Waals surface area contributed by atoms with Gasteiger partial charge in [-0.15, -0.1) is 0 Å². The Balaban J connectivity index is 1.78. The van der Waals surface area contributed by atoms with E-state index in [1.807, 2.05) is 0 Å². The first-order chi connectivity index (χ1) is 13.4. The van der Waals surface area contributed by atoms with E-state index in [-0.39, 0.29) is 29.9 Å². The third kappa shape index (κ3) is 4.56. The lowest BCUT2D eigenvalue weighted by Crippen LogP contribution is -2.44. The number of amides is 1. The zero-order chi connectivity index (χ0) is 20.1. The fourth-order valence-electron chi connectivity index (χ4n) is 3.53. The molecule has 0 bridgehead atoms. The summed E-state index contributed by atoms with van der Waals surface area (Å²) < 4.78 is 42.1. The molecule has 28 heavy (non-hydrogen) atoms. The third-order valence-electron chi connectivity index (χ3n) is 5.13. The molecule has 0 aliphatic carbocycles. The fraction of sp³-hybridized carbons (Fsp3) is 0.667. The second-order valence-corrected chi connectivity index (χ2v) is 8.77. The van der Waals surface area contributed by atoms with E-state index in [4.69, 9.17) is 9.15 Å². The van der Waals surface area contributed by atoms with Crippen LogP contribution in [0.4, 0.5) is 0 Å². The Labute approximate surface area is 164 Å². The molecule has 0 saturated carbocycles. The molecule has 2 fully saturated rings. The van der Waals surface area contributed by atoms with Crippen molar-refractivity contribution in [3.63, 3.8) is 0 Å². The van der Waals surface area contributed by atoms with Gasteiger partial charge in [0.25, 0.3) is 15.9 Å². The van der Waals surface area contributed by atoms with Crippen LogP contribution >= 0.6 is 0 Å². The molecule has 0 aromatic carbocycles. The Hall–Kier alpha value is -1.91. The zero-order valence-electron chi connectivity index (χ0n) is 16.0. The maximum atomic E-state index is 13.0. The maximum absolute atomic E-state index is 13.0. The summed E-state index contributed by atoms with van der Waals surface area (Å²) in [5, 5.41) is -0.224. The highest BCUT2D eigenvalue weighted by atomic mass is 32.2. The van der Waals surface area contributed by atoms with Crippen molar-refractivity contribution in [1.82, 2.24) is 9.21 Å². The minimum absolute atomic E-state index is 0.0471. The molecule has 0 radical (unpaired) electrons. The lowest BCUT2D eigenvalue weighted by Gasteiger charge is -2.33. The molecule has 10 heteroatoms. The molecule has 1 amide bonds. The summed E-state index contributed by atoms with van der Waals surface area (Å²) in [4.78, 5) is 26.1. The normalized spacial score (nSPS) is 18.9. The molecule has 1 aromatic heterocycles. The van der Waals surface area contributed by atoms with Crippen molar-refractivity contribution in [3.05, 3.63) is 17.9 Å². The van der Waals surface area contributed by atoms with Crippen LogP contribution in [0.25, 0.3) is 0 Å². The van der Waals surface area contributed by atoms with Crippen LogP contribution in [0, 0.1) is 0 Å². The van der Waals surface area contributed by atoms with Crippen molar-refractivity contribution in [3.8, 4) is 0 Å². The van der Waals surface area contributed by atoms with Gasteiger partial charge in [-0.1, -0.05) is 0 Å². The summed E-state index contributed by atoms with van der Waals surface area (Å²) in [5.41, 5.74) is 0. The molecule has 0 atom stereocenters. The predicted octanol–water partition coefficient (Wildman–Crippen LogP) is 1.25. The number of sulfonamides is 1. The number of carbonyl (C=O) groups is 2. The number of hydrogen-bond donors (Lipinski definition) is 0. The lowest BCUT2D eigenvalue weighted by molar-refractivity contribution is -0.140. The number of carbonyl (C=O) groups excluding carboxylic acids is 2. The molecule has 3 rings (SSSR count). The van der Waals surface area contributed by atoms with Gasteiger partial charge in [-0.05, 0) is 37.8 Å². The topological polar surface area (TPSA) is 106 Å².